The molecule has 7 nitrogen and oxygen atoms in total. The van der Waals surface area contributed by atoms with Gasteiger partial charge in [-0.15, -0.1) is 0 Å². The number of nitrogens with one attached hydrogen (secondary N) is 2. The van der Waals surface area contributed by atoms with Gasteiger partial charge in [0.2, 0.25) is 10.0 Å². The zero-order valence-electron chi connectivity index (χ0n) is 14.9. The molecule has 1 aromatic carbocycles. The van der Waals surface area contributed by atoms with Gasteiger partial charge in [0.05, 0.1) is 12.9 Å². The molecule has 0 fully saturated rings. The largest absolute Gasteiger partial charge is 0.496 e. The molecule has 0 aliphatic rings. The Hall–Kier alpha value is -1.80. The topological polar surface area (TPSA) is 83.0 Å². The van der Waals surface area contributed by atoms with Gasteiger partial charge in [-0.25, -0.2) is 13.1 Å². The number of hydrogen-bond acceptors (Lipinski definition) is 4. The molecule has 0 aliphatic heterocycles. The van der Waals surface area contributed by atoms with Crippen LogP contribution in [-0.2, 0) is 16.6 Å². The van der Waals surface area contributed by atoms with Gasteiger partial charge in [-0.3, -0.25) is 4.99 Å². The second-order valence-corrected chi connectivity index (χ2v) is 7.39. The van der Waals surface area contributed by atoms with E-state index in [-0.39, 0.29) is 5.75 Å². The third-order valence-electron chi connectivity index (χ3n) is 3.51. The van der Waals surface area contributed by atoms with E-state index in [9.17, 15) is 8.42 Å². The monoisotopic (exact) mass is 356 g/mol. The molecule has 1 aromatic rings. The van der Waals surface area contributed by atoms with E-state index in [0.29, 0.717) is 26.1 Å². The molecule has 0 amide bonds. The highest BCUT2D eigenvalue weighted by Gasteiger charge is 2.10. The predicted octanol–water partition coefficient (Wildman–Crippen LogP) is 1.03. The fourth-order valence-corrected chi connectivity index (χ4v) is 2.83. The van der Waals surface area contributed by atoms with Gasteiger partial charge in [0.1, 0.15) is 5.75 Å². The Balaban J connectivity index is 2.46. The van der Waals surface area contributed by atoms with Gasteiger partial charge in [-0.2, -0.15) is 0 Å². The Morgan fingerprint density at radius 3 is 2.62 bits per heavy atom. The zero-order chi connectivity index (χ0) is 18.0. The predicted molar refractivity (Wildman–Crippen MR) is 97.9 cm³/mol. The van der Waals surface area contributed by atoms with Crippen LogP contribution in [0.15, 0.2) is 29.3 Å². The first-order valence-corrected chi connectivity index (χ1v) is 9.59. The van der Waals surface area contributed by atoms with Gasteiger partial charge in [0.15, 0.2) is 5.96 Å². The number of benzene rings is 1. The van der Waals surface area contributed by atoms with Gasteiger partial charge in [-0.05, 0) is 19.4 Å². The lowest BCUT2D eigenvalue weighted by Gasteiger charge is -2.23. The molecule has 136 valence electrons. The molecular formula is C16H28N4O3S. The van der Waals surface area contributed by atoms with E-state index in [0.717, 1.165) is 17.3 Å². The summed E-state index contributed by atoms with van der Waals surface area (Å²) in [7, 11) is 2.20. The van der Waals surface area contributed by atoms with Crippen molar-refractivity contribution in [2.24, 2.45) is 4.99 Å². The molecule has 0 spiro atoms. The van der Waals surface area contributed by atoms with Crippen LogP contribution in [0.3, 0.4) is 0 Å². The molecule has 0 atom stereocenters. The van der Waals surface area contributed by atoms with Crippen LogP contribution < -0.4 is 14.8 Å². The van der Waals surface area contributed by atoms with Crippen molar-refractivity contribution in [1.82, 2.24) is 14.9 Å². The lowest BCUT2D eigenvalue weighted by molar-refractivity contribution is 0.396. The smallest absolute Gasteiger partial charge is 0.211 e. The molecule has 0 unspecified atom stereocenters. The van der Waals surface area contributed by atoms with E-state index >= 15 is 0 Å². The van der Waals surface area contributed by atoms with E-state index in [1.54, 1.807) is 21.1 Å². The molecule has 0 radical (unpaired) electrons. The van der Waals surface area contributed by atoms with Gasteiger partial charge in [0, 0.05) is 39.3 Å². The molecule has 0 bridgehead atoms. The molecule has 0 aromatic heterocycles. The Bertz CT molecular complexity index is 632. The lowest BCUT2D eigenvalue weighted by atomic mass is 10.2. The van der Waals surface area contributed by atoms with E-state index in [1.807, 2.05) is 36.2 Å². The van der Waals surface area contributed by atoms with Gasteiger partial charge in [-0.1, -0.05) is 18.2 Å². The van der Waals surface area contributed by atoms with Crippen LogP contribution >= 0.6 is 0 Å². The number of rotatable bonds is 9. The van der Waals surface area contributed by atoms with Gasteiger partial charge >= 0.3 is 0 Å². The van der Waals surface area contributed by atoms with Crippen LogP contribution in [0.4, 0.5) is 0 Å². The fraction of sp³-hybridized carbons (Fsp3) is 0.562. The van der Waals surface area contributed by atoms with Crippen molar-refractivity contribution in [3.05, 3.63) is 29.8 Å². The van der Waals surface area contributed by atoms with Crippen molar-refractivity contribution >= 4 is 16.0 Å². The summed E-state index contributed by atoms with van der Waals surface area (Å²) < 4.78 is 30.6. The van der Waals surface area contributed by atoms with Crippen molar-refractivity contribution in [3.8, 4) is 5.75 Å². The van der Waals surface area contributed by atoms with Crippen LogP contribution in [-0.4, -0.2) is 59.3 Å². The van der Waals surface area contributed by atoms with Crippen LogP contribution in [0.5, 0.6) is 5.75 Å². The molecule has 2 N–H and O–H groups in total. The number of sulfonamides is 1. The standard InChI is InChI=1S/C16H28N4O3S/c1-5-24(21,22)19-12-8-11-18-16(17-2)20(3)13-14-9-6-7-10-15(14)23-4/h6-7,9-10,19H,5,8,11-13H2,1-4H3,(H,17,18). The Labute approximate surface area is 145 Å². The van der Waals surface area contributed by atoms with Crippen LogP contribution in [0, 0.1) is 0 Å². The summed E-state index contributed by atoms with van der Waals surface area (Å²) in [6.07, 6.45) is 0.681. The molecule has 0 aliphatic carbocycles. The van der Waals surface area contributed by atoms with E-state index < -0.39 is 10.0 Å². The maximum Gasteiger partial charge on any atom is 0.211 e. The van der Waals surface area contributed by atoms with E-state index in [4.69, 9.17) is 4.74 Å². The van der Waals surface area contributed by atoms with Crippen molar-refractivity contribution in [1.29, 1.82) is 0 Å². The highest BCUT2D eigenvalue weighted by molar-refractivity contribution is 7.89. The number of methoxy groups -OCH3 is 1. The second kappa shape index (κ2) is 10.1. The van der Waals surface area contributed by atoms with E-state index in [2.05, 4.69) is 15.0 Å². The van der Waals surface area contributed by atoms with Gasteiger partial charge in [0.25, 0.3) is 0 Å². The summed E-state index contributed by atoms with van der Waals surface area (Å²) in [4.78, 5) is 6.25. The Morgan fingerprint density at radius 2 is 2.00 bits per heavy atom. The van der Waals surface area contributed by atoms with Crippen LogP contribution in [0.2, 0.25) is 0 Å². The molecule has 0 saturated heterocycles. The lowest BCUT2D eigenvalue weighted by Crippen LogP contribution is -2.39. The maximum atomic E-state index is 11.3. The molecule has 24 heavy (non-hydrogen) atoms. The summed E-state index contributed by atoms with van der Waals surface area (Å²) in [6, 6.07) is 7.86. The molecular weight excluding hydrogens is 328 g/mol. The summed E-state index contributed by atoms with van der Waals surface area (Å²) >= 11 is 0. The minimum absolute atomic E-state index is 0.101. The Kier molecular flexibility index (Phi) is 8.56. The van der Waals surface area contributed by atoms with E-state index in [1.165, 1.54) is 0 Å². The zero-order valence-corrected chi connectivity index (χ0v) is 15.7. The average molecular weight is 356 g/mol. The summed E-state index contributed by atoms with van der Waals surface area (Å²) in [5.74, 6) is 1.69. The number of nitrogens with zero attached hydrogens (tertiary/aromatic N) is 2. The highest BCUT2D eigenvalue weighted by Crippen LogP contribution is 2.18. The van der Waals surface area contributed by atoms with Crippen LogP contribution in [0.1, 0.15) is 18.9 Å². The molecule has 0 heterocycles. The fourth-order valence-electron chi connectivity index (χ4n) is 2.17. The number of hydrogen-bond donors (Lipinski definition) is 2. The summed E-state index contributed by atoms with van der Waals surface area (Å²) in [5.41, 5.74) is 1.07. The van der Waals surface area contributed by atoms with Crippen molar-refractivity contribution < 1.29 is 13.2 Å². The Morgan fingerprint density at radius 1 is 1.29 bits per heavy atom. The SMILES string of the molecule is CCS(=O)(=O)NCCCNC(=NC)N(C)Cc1ccccc1OC. The molecule has 0 saturated carbocycles. The third-order valence-corrected chi connectivity index (χ3v) is 4.92. The van der Waals surface area contributed by atoms with Crippen molar-refractivity contribution in [2.75, 3.05) is 40.0 Å². The second-order valence-electron chi connectivity index (χ2n) is 5.29. The van der Waals surface area contributed by atoms with Crippen molar-refractivity contribution in [3.63, 3.8) is 0 Å². The highest BCUT2D eigenvalue weighted by atomic mass is 32.2. The average Bonchev–Trinajstić information content (AvgIpc) is 2.58. The van der Waals surface area contributed by atoms with Crippen LogP contribution in [0.25, 0.3) is 0 Å². The third kappa shape index (κ3) is 6.76. The normalized spacial score (nSPS) is 12.1. The minimum Gasteiger partial charge on any atom is -0.496 e. The quantitative estimate of drug-likeness (QED) is 0.392. The maximum absolute atomic E-state index is 11.3. The number of aliphatic imine (C=N–C) groups is 1. The first-order valence-electron chi connectivity index (χ1n) is 7.94. The summed E-state index contributed by atoms with van der Waals surface area (Å²) in [6.45, 7) is 3.33. The summed E-state index contributed by atoms with van der Waals surface area (Å²) in [5, 5.41) is 3.23. The number of para-hydroxylation sites is 1. The number of guanidine groups is 1. The first-order chi connectivity index (χ1) is 11.4. The molecule has 1 rings (SSSR count). The minimum atomic E-state index is -3.12. The van der Waals surface area contributed by atoms with Gasteiger partial charge < -0.3 is 15.0 Å². The van der Waals surface area contributed by atoms with Crippen molar-refractivity contribution in [2.45, 2.75) is 19.9 Å². The number of ether oxygens (including phenoxy) is 1. The first kappa shape index (κ1) is 20.2. The molecule has 8 heteroatoms.